The van der Waals surface area contributed by atoms with E-state index in [-0.39, 0.29) is 37.5 Å². The van der Waals surface area contributed by atoms with E-state index in [4.69, 9.17) is 9.47 Å². The second-order valence-electron chi connectivity index (χ2n) is 9.49. The van der Waals surface area contributed by atoms with Gasteiger partial charge in [-0.05, 0) is 50.5 Å². The maximum Gasteiger partial charge on any atom is 0.409 e. The van der Waals surface area contributed by atoms with Crippen LogP contribution in [0.25, 0.3) is 0 Å². The average Bonchev–Trinajstić information content (AvgIpc) is 2.94. The lowest BCUT2D eigenvalue weighted by atomic mass is 9.90. The van der Waals surface area contributed by atoms with Crippen LogP contribution in [0, 0.1) is 12.7 Å². The third-order valence-corrected chi connectivity index (χ3v) is 6.51. The molecule has 0 saturated carbocycles. The molecule has 0 spiro atoms. The summed E-state index contributed by atoms with van der Waals surface area (Å²) in [6.07, 6.45) is 0.407. The van der Waals surface area contributed by atoms with Gasteiger partial charge < -0.3 is 29.5 Å². The Balaban J connectivity index is 1.66. The molecule has 10 heteroatoms. The topological polar surface area (TPSA) is 103 Å². The fourth-order valence-electron chi connectivity index (χ4n) is 4.56. The number of aliphatic hydroxyl groups is 2. The Morgan fingerprint density at radius 1 is 1.06 bits per heavy atom. The first kappa shape index (κ1) is 26.2. The van der Waals surface area contributed by atoms with Crippen LogP contribution in [0.3, 0.4) is 0 Å². The minimum Gasteiger partial charge on any atom is -0.490 e. The normalized spacial score (nSPS) is 23.4. The molecule has 0 bridgehead atoms. The Kier molecular flexibility index (Phi) is 8.38. The summed E-state index contributed by atoms with van der Waals surface area (Å²) in [7, 11) is 0. The summed E-state index contributed by atoms with van der Waals surface area (Å²) < 4.78 is 24.4. The molecule has 1 aromatic rings. The number of rotatable bonds is 6. The first-order valence-electron chi connectivity index (χ1n) is 11.8. The maximum absolute atomic E-state index is 13.6. The lowest BCUT2D eigenvalue weighted by molar-refractivity contribution is -0.132. The highest BCUT2D eigenvalue weighted by Gasteiger charge is 2.41. The van der Waals surface area contributed by atoms with Gasteiger partial charge in [0.15, 0.2) is 0 Å². The van der Waals surface area contributed by atoms with Crippen LogP contribution in [0.15, 0.2) is 18.2 Å². The van der Waals surface area contributed by atoms with Crippen molar-refractivity contribution in [2.45, 2.75) is 44.8 Å². The Labute approximate surface area is 200 Å². The van der Waals surface area contributed by atoms with Gasteiger partial charge in [-0.3, -0.25) is 9.69 Å². The Hall–Kier alpha value is -2.43. The van der Waals surface area contributed by atoms with Gasteiger partial charge in [-0.1, -0.05) is 0 Å². The molecule has 2 aliphatic rings. The number of piperidine rings is 1. The number of benzene rings is 1. The summed E-state index contributed by atoms with van der Waals surface area (Å²) >= 11 is 0. The molecule has 3 rings (SSSR count). The van der Waals surface area contributed by atoms with Crippen LogP contribution in [0.2, 0.25) is 0 Å². The van der Waals surface area contributed by atoms with E-state index in [2.05, 4.69) is 0 Å². The molecule has 0 radical (unpaired) electrons. The number of halogens is 1. The molecule has 0 aromatic heterocycles. The lowest BCUT2D eigenvalue weighted by Gasteiger charge is -2.41. The number of nitrogens with zero attached hydrogens (tertiary/aromatic N) is 3. The summed E-state index contributed by atoms with van der Waals surface area (Å²) in [6.45, 7) is 7.33. The predicted octanol–water partition coefficient (Wildman–Crippen LogP) is 1.39. The summed E-state index contributed by atoms with van der Waals surface area (Å²) in [5.41, 5.74) is -1.97. The highest BCUT2D eigenvalue weighted by molar-refractivity contribution is 5.73. The molecule has 34 heavy (non-hydrogen) atoms. The molecular formula is C24H36FN3O6. The largest absolute Gasteiger partial charge is 0.490 e. The van der Waals surface area contributed by atoms with Crippen molar-refractivity contribution in [2.24, 2.45) is 0 Å². The third-order valence-electron chi connectivity index (χ3n) is 6.51. The van der Waals surface area contributed by atoms with Crippen molar-refractivity contribution < 1.29 is 33.7 Å². The van der Waals surface area contributed by atoms with Crippen molar-refractivity contribution in [1.82, 2.24) is 14.7 Å². The van der Waals surface area contributed by atoms with Gasteiger partial charge in [0, 0.05) is 46.2 Å². The van der Waals surface area contributed by atoms with E-state index < -0.39 is 11.2 Å². The molecule has 2 heterocycles. The van der Waals surface area contributed by atoms with Gasteiger partial charge in [0.1, 0.15) is 23.8 Å². The summed E-state index contributed by atoms with van der Waals surface area (Å²) in [5.74, 6) is -0.0569. The van der Waals surface area contributed by atoms with Gasteiger partial charge >= 0.3 is 6.09 Å². The minimum atomic E-state index is -1.38. The second-order valence-corrected chi connectivity index (χ2v) is 9.49. The Bertz CT molecular complexity index is 876. The van der Waals surface area contributed by atoms with Crippen LogP contribution >= 0.6 is 0 Å². The van der Waals surface area contributed by atoms with E-state index in [0.717, 1.165) is 0 Å². The molecule has 2 saturated heterocycles. The number of aryl methyl sites for hydroxylation is 1. The molecule has 2 aliphatic heterocycles. The molecule has 2 fully saturated rings. The fraction of sp³-hybridized carbons (Fsp3) is 0.667. The maximum atomic E-state index is 13.6. The monoisotopic (exact) mass is 481 g/mol. The van der Waals surface area contributed by atoms with Crippen LogP contribution < -0.4 is 4.74 Å². The predicted molar refractivity (Wildman–Crippen MR) is 123 cm³/mol. The van der Waals surface area contributed by atoms with Gasteiger partial charge in [0.25, 0.3) is 0 Å². The zero-order chi connectivity index (χ0) is 24.9. The number of amides is 2. The van der Waals surface area contributed by atoms with E-state index in [1.54, 1.807) is 29.7 Å². The SMILES string of the molecule is CCOC(=O)N1CCC(O)(CN2CCN(C(C)=O)C[C@@](O)(COc3ccc(F)c(C)c3)C2)CC1. The summed E-state index contributed by atoms with van der Waals surface area (Å²) in [5, 5.41) is 22.6. The van der Waals surface area contributed by atoms with Gasteiger partial charge in [-0.25, -0.2) is 9.18 Å². The summed E-state index contributed by atoms with van der Waals surface area (Å²) in [4.78, 5) is 29.2. The highest BCUT2D eigenvalue weighted by Crippen LogP contribution is 2.26. The van der Waals surface area contributed by atoms with Gasteiger partial charge in [0.05, 0.1) is 18.8 Å². The number of β-amino-alcohol motifs (C(OH)–C–C–N with tert-alkyl or cyclic N) is 2. The van der Waals surface area contributed by atoms with Gasteiger partial charge in [-0.2, -0.15) is 0 Å². The number of carbonyl (C=O) groups is 2. The molecule has 2 amide bonds. The van der Waals surface area contributed by atoms with Crippen LogP contribution in [-0.2, 0) is 9.53 Å². The van der Waals surface area contributed by atoms with Crippen molar-refractivity contribution in [3.63, 3.8) is 0 Å². The van der Waals surface area contributed by atoms with Crippen LogP contribution in [-0.4, -0.2) is 107 Å². The van der Waals surface area contributed by atoms with Crippen molar-refractivity contribution in [1.29, 1.82) is 0 Å². The second kappa shape index (κ2) is 10.9. The van der Waals surface area contributed by atoms with Crippen LogP contribution in [0.4, 0.5) is 9.18 Å². The standard InChI is InChI=1S/C24H36FN3O6/c1-4-33-22(30)27-9-7-23(31,8-10-27)14-26-11-12-28(19(3)29)16-24(32,15-26)17-34-20-5-6-21(25)18(2)13-20/h5-6,13,31-32H,4,7-12,14-17H2,1-3H3/t24-/m1/s1. The first-order chi connectivity index (χ1) is 16.0. The smallest absolute Gasteiger partial charge is 0.409 e. The molecule has 1 atom stereocenters. The Morgan fingerprint density at radius 2 is 1.76 bits per heavy atom. The van der Waals surface area contributed by atoms with Gasteiger partial charge in [0.2, 0.25) is 5.91 Å². The van der Waals surface area contributed by atoms with Crippen molar-refractivity contribution >= 4 is 12.0 Å². The zero-order valence-corrected chi connectivity index (χ0v) is 20.3. The van der Waals surface area contributed by atoms with Crippen molar-refractivity contribution in [3.05, 3.63) is 29.6 Å². The Morgan fingerprint density at radius 3 is 2.38 bits per heavy atom. The van der Waals surface area contributed by atoms with E-state index in [1.807, 2.05) is 4.90 Å². The van der Waals surface area contributed by atoms with E-state index in [9.17, 15) is 24.2 Å². The quantitative estimate of drug-likeness (QED) is 0.633. The van der Waals surface area contributed by atoms with Crippen LogP contribution in [0.5, 0.6) is 5.75 Å². The van der Waals surface area contributed by atoms with Gasteiger partial charge in [-0.15, -0.1) is 0 Å². The average molecular weight is 482 g/mol. The molecular weight excluding hydrogens is 445 g/mol. The summed E-state index contributed by atoms with van der Waals surface area (Å²) in [6, 6.07) is 4.38. The molecule has 1 aromatic carbocycles. The molecule has 2 N–H and O–H groups in total. The van der Waals surface area contributed by atoms with E-state index >= 15 is 0 Å². The van der Waals surface area contributed by atoms with E-state index in [1.165, 1.54) is 19.1 Å². The fourth-order valence-corrected chi connectivity index (χ4v) is 4.56. The number of likely N-dealkylation sites (tertiary alicyclic amines) is 1. The van der Waals surface area contributed by atoms with Crippen LogP contribution in [0.1, 0.15) is 32.3 Å². The molecule has 0 aliphatic carbocycles. The van der Waals surface area contributed by atoms with E-state index in [0.29, 0.717) is 63.5 Å². The molecule has 190 valence electrons. The number of ether oxygens (including phenoxy) is 2. The zero-order valence-electron chi connectivity index (χ0n) is 20.3. The number of carbonyl (C=O) groups excluding carboxylic acids is 2. The van der Waals surface area contributed by atoms with Crippen molar-refractivity contribution in [3.8, 4) is 5.75 Å². The first-order valence-corrected chi connectivity index (χ1v) is 11.8. The van der Waals surface area contributed by atoms with Crippen molar-refractivity contribution in [2.75, 3.05) is 59.0 Å². The number of hydrogen-bond donors (Lipinski definition) is 2. The lowest BCUT2D eigenvalue weighted by Crippen LogP contribution is -2.56. The minimum absolute atomic E-state index is 0.0899. The number of hydrogen-bond acceptors (Lipinski definition) is 7. The molecule has 9 nitrogen and oxygen atoms in total. The highest BCUT2D eigenvalue weighted by atomic mass is 19.1. The molecule has 0 unspecified atom stereocenters. The third kappa shape index (κ3) is 6.80.